The van der Waals surface area contributed by atoms with Crippen LogP contribution in [0.1, 0.15) is 36.6 Å². The maximum absolute atomic E-state index is 11.1. The first-order chi connectivity index (χ1) is 10.1. The van der Waals surface area contributed by atoms with Crippen molar-refractivity contribution in [2.45, 2.75) is 32.4 Å². The predicted molar refractivity (Wildman–Crippen MR) is 83.9 cm³/mol. The van der Waals surface area contributed by atoms with Gasteiger partial charge >= 0.3 is 0 Å². The van der Waals surface area contributed by atoms with Gasteiger partial charge in [-0.2, -0.15) is 0 Å². The second kappa shape index (κ2) is 7.04. The Bertz CT molecular complexity index is 595. The van der Waals surface area contributed by atoms with E-state index >= 15 is 0 Å². The molecule has 0 saturated heterocycles. The quantitative estimate of drug-likeness (QED) is 0.886. The van der Waals surface area contributed by atoms with Gasteiger partial charge in [0.2, 0.25) is 5.91 Å². The number of rotatable bonds is 5. The summed E-state index contributed by atoms with van der Waals surface area (Å²) in [5, 5.41) is 13.0. The van der Waals surface area contributed by atoms with Crippen LogP contribution < -0.4 is 5.32 Å². The average molecular weight is 283 g/mol. The van der Waals surface area contributed by atoms with Gasteiger partial charge < -0.3 is 10.4 Å². The highest BCUT2D eigenvalue weighted by atomic mass is 16.3. The first-order valence-electron chi connectivity index (χ1n) is 7.14. The van der Waals surface area contributed by atoms with Crippen molar-refractivity contribution in [2.75, 3.05) is 0 Å². The van der Waals surface area contributed by atoms with Crippen LogP contribution in [0.15, 0.2) is 54.6 Å². The summed E-state index contributed by atoms with van der Waals surface area (Å²) < 4.78 is 0. The number of nitrogens with one attached hydrogen (secondary N) is 1. The second-order valence-corrected chi connectivity index (χ2v) is 5.34. The summed E-state index contributed by atoms with van der Waals surface area (Å²) in [5.41, 5.74) is 3.21. The normalized spacial score (nSPS) is 13.5. The van der Waals surface area contributed by atoms with Crippen molar-refractivity contribution >= 4 is 5.91 Å². The molecular formula is C18H21NO2. The summed E-state index contributed by atoms with van der Waals surface area (Å²) >= 11 is 0. The number of amides is 1. The number of carbonyl (C=O) groups is 1. The summed E-state index contributed by atoms with van der Waals surface area (Å²) in [6.45, 7) is 3.25. The van der Waals surface area contributed by atoms with Crippen LogP contribution >= 0.6 is 0 Å². The first kappa shape index (κ1) is 15.3. The van der Waals surface area contributed by atoms with Crippen molar-refractivity contribution in [2.24, 2.45) is 0 Å². The van der Waals surface area contributed by atoms with Gasteiger partial charge in [-0.15, -0.1) is 0 Å². The molecule has 3 nitrogen and oxygen atoms in total. The topological polar surface area (TPSA) is 49.3 Å². The molecule has 0 aromatic heterocycles. The third-order valence-electron chi connectivity index (χ3n) is 3.45. The number of aliphatic hydroxyl groups is 1. The van der Waals surface area contributed by atoms with E-state index in [0.29, 0.717) is 0 Å². The fraction of sp³-hybridized carbons (Fsp3) is 0.278. The van der Waals surface area contributed by atoms with Crippen LogP contribution in [0, 0.1) is 0 Å². The molecule has 0 aliphatic rings. The standard InChI is InChI=1S/C18H21NO2/c1-13(19-14(2)20)18(21)17-10-6-9-16(12-17)11-15-7-4-3-5-8-15/h3-10,12-13,18,21H,11H2,1-2H3,(H,19,20)/t13-,18+/m0/s1. The van der Waals surface area contributed by atoms with E-state index in [1.807, 2.05) is 42.5 Å². The molecule has 0 radical (unpaired) electrons. The molecule has 0 bridgehead atoms. The molecule has 1 amide bonds. The second-order valence-electron chi connectivity index (χ2n) is 5.34. The van der Waals surface area contributed by atoms with Gasteiger partial charge in [-0.25, -0.2) is 0 Å². The van der Waals surface area contributed by atoms with Crippen molar-refractivity contribution in [1.82, 2.24) is 5.32 Å². The average Bonchev–Trinajstić information content (AvgIpc) is 2.47. The van der Waals surface area contributed by atoms with Crippen molar-refractivity contribution in [3.05, 3.63) is 71.3 Å². The molecule has 2 aromatic rings. The van der Waals surface area contributed by atoms with Crippen LogP contribution in [0.4, 0.5) is 0 Å². The fourth-order valence-corrected chi connectivity index (χ4v) is 2.41. The highest BCUT2D eigenvalue weighted by molar-refractivity contribution is 5.73. The summed E-state index contributed by atoms with van der Waals surface area (Å²) in [6.07, 6.45) is 0.125. The summed E-state index contributed by atoms with van der Waals surface area (Å²) in [5.74, 6) is -0.137. The zero-order valence-electron chi connectivity index (χ0n) is 12.4. The molecule has 0 unspecified atom stereocenters. The first-order valence-corrected chi connectivity index (χ1v) is 7.14. The molecule has 3 heteroatoms. The molecule has 110 valence electrons. The van der Waals surface area contributed by atoms with E-state index < -0.39 is 6.10 Å². The number of aliphatic hydroxyl groups excluding tert-OH is 1. The van der Waals surface area contributed by atoms with Gasteiger partial charge in [0.25, 0.3) is 0 Å². The molecule has 2 atom stereocenters. The molecule has 0 saturated carbocycles. The van der Waals surface area contributed by atoms with E-state index in [1.165, 1.54) is 12.5 Å². The summed E-state index contributed by atoms with van der Waals surface area (Å²) in [4.78, 5) is 11.1. The predicted octanol–water partition coefficient (Wildman–Crippen LogP) is 2.84. The minimum Gasteiger partial charge on any atom is -0.386 e. The van der Waals surface area contributed by atoms with Crippen LogP contribution in [0.3, 0.4) is 0 Å². The Labute approximate surface area is 125 Å². The molecule has 0 aliphatic carbocycles. The van der Waals surface area contributed by atoms with Gasteiger partial charge in [-0.1, -0.05) is 54.6 Å². The lowest BCUT2D eigenvalue weighted by Gasteiger charge is -2.20. The van der Waals surface area contributed by atoms with Crippen molar-refractivity contribution < 1.29 is 9.90 Å². The van der Waals surface area contributed by atoms with E-state index in [1.54, 1.807) is 6.92 Å². The molecule has 2 rings (SSSR count). The molecule has 0 heterocycles. The Morgan fingerprint density at radius 1 is 1.10 bits per heavy atom. The lowest BCUT2D eigenvalue weighted by molar-refractivity contribution is -0.120. The minimum atomic E-state index is -0.704. The van der Waals surface area contributed by atoms with Crippen molar-refractivity contribution in [3.63, 3.8) is 0 Å². The third-order valence-corrected chi connectivity index (χ3v) is 3.45. The number of hydrogen-bond donors (Lipinski definition) is 2. The van der Waals surface area contributed by atoms with E-state index in [4.69, 9.17) is 0 Å². The Morgan fingerprint density at radius 3 is 2.43 bits per heavy atom. The Hall–Kier alpha value is -2.13. The van der Waals surface area contributed by atoms with E-state index in [2.05, 4.69) is 17.4 Å². The van der Waals surface area contributed by atoms with E-state index in [-0.39, 0.29) is 11.9 Å². The summed E-state index contributed by atoms with van der Waals surface area (Å²) in [7, 11) is 0. The molecule has 0 fully saturated rings. The van der Waals surface area contributed by atoms with Gasteiger partial charge in [0.05, 0.1) is 12.1 Å². The van der Waals surface area contributed by atoms with Gasteiger partial charge in [0.1, 0.15) is 0 Å². The van der Waals surface area contributed by atoms with Crippen LogP contribution in [0.5, 0.6) is 0 Å². The highest BCUT2D eigenvalue weighted by Gasteiger charge is 2.17. The maximum atomic E-state index is 11.1. The van der Waals surface area contributed by atoms with Gasteiger partial charge in [0, 0.05) is 6.92 Å². The lowest BCUT2D eigenvalue weighted by atomic mass is 9.98. The summed E-state index contributed by atoms with van der Waals surface area (Å²) in [6, 6.07) is 17.8. The lowest BCUT2D eigenvalue weighted by Crippen LogP contribution is -2.35. The molecule has 2 N–H and O–H groups in total. The van der Waals surface area contributed by atoms with E-state index in [9.17, 15) is 9.90 Å². The van der Waals surface area contributed by atoms with Gasteiger partial charge in [-0.05, 0) is 30.0 Å². The Balaban J connectivity index is 2.12. The Morgan fingerprint density at radius 2 is 1.76 bits per heavy atom. The molecule has 0 aliphatic heterocycles. The third kappa shape index (κ3) is 4.43. The van der Waals surface area contributed by atoms with Crippen LogP contribution in [0.25, 0.3) is 0 Å². The zero-order valence-corrected chi connectivity index (χ0v) is 12.4. The Kier molecular flexibility index (Phi) is 5.12. The van der Waals surface area contributed by atoms with Gasteiger partial charge in [0.15, 0.2) is 0 Å². The molecule has 21 heavy (non-hydrogen) atoms. The number of benzene rings is 2. The van der Waals surface area contributed by atoms with Crippen molar-refractivity contribution in [1.29, 1.82) is 0 Å². The smallest absolute Gasteiger partial charge is 0.217 e. The minimum absolute atomic E-state index is 0.137. The molecular weight excluding hydrogens is 262 g/mol. The van der Waals surface area contributed by atoms with Gasteiger partial charge in [-0.3, -0.25) is 4.79 Å². The van der Waals surface area contributed by atoms with Crippen molar-refractivity contribution in [3.8, 4) is 0 Å². The highest BCUT2D eigenvalue weighted by Crippen LogP contribution is 2.19. The van der Waals surface area contributed by atoms with Crippen LogP contribution in [-0.4, -0.2) is 17.1 Å². The van der Waals surface area contributed by atoms with Crippen LogP contribution in [0.2, 0.25) is 0 Å². The molecule has 0 spiro atoms. The number of carbonyl (C=O) groups excluding carboxylic acids is 1. The van der Waals surface area contributed by atoms with Crippen LogP contribution in [-0.2, 0) is 11.2 Å². The zero-order chi connectivity index (χ0) is 15.2. The maximum Gasteiger partial charge on any atom is 0.217 e. The SMILES string of the molecule is CC(=O)N[C@@H](C)[C@@H](O)c1cccc(Cc2ccccc2)c1. The van der Waals surface area contributed by atoms with E-state index in [0.717, 1.165) is 17.5 Å². The molecule has 2 aromatic carbocycles. The fourth-order valence-electron chi connectivity index (χ4n) is 2.41. The largest absolute Gasteiger partial charge is 0.386 e. The number of hydrogen-bond acceptors (Lipinski definition) is 2. The monoisotopic (exact) mass is 283 g/mol.